The number of sulfonamides is 1. The predicted octanol–water partition coefficient (Wildman–Crippen LogP) is 2.43. The molecule has 1 aromatic rings. The van der Waals surface area contributed by atoms with Crippen molar-refractivity contribution in [3.63, 3.8) is 0 Å². The zero-order valence-corrected chi connectivity index (χ0v) is 18.9. The summed E-state index contributed by atoms with van der Waals surface area (Å²) < 4.78 is 60.5. The van der Waals surface area contributed by atoms with Crippen LogP contribution in [0.2, 0.25) is 0 Å². The Balaban J connectivity index is 1.38. The van der Waals surface area contributed by atoms with Crippen LogP contribution in [0.15, 0.2) is 29.3 Å². The maximum Gasteiger partial charge on any atom is 0.214 e. The molecule has 9 heteroatoms. The number of benzene rings is 1. The van der Waals surface area contributed by atoms with Gasteiger partial charge in [-0.3, -0.25) is 4.90 Å². The molecular weight excluding hydrogens is 424 g/mol. The Morgan fingerprint density at radius 3 is 2.65 bits per heavy atom. The minimum Gasteiger partial charge on any atom is -0.370 e. The molecule has 0 aliphatic carbocycles. The quantitative estimate of drug-likeness (QED) is 0.691. The van der Waals surface area contributed by atoms with Gasteiger partial charge in [0.1, 0.15) is 17.7 Å². The summed E-state index contributed by atoms with van der Waals surface area (Å²) in [5.41, 5.74) is 8.96. The van der Waals surface area contributed by atoms with E-state index in [1.54, 1.807) is 4.31 Å². The number of ether oxygens (including phenoxy) is 1. The standard InChI is InChI=1S/C22H31F2N3O3S/c1-14(2)13-31(28,29)27-6-5-15-9-26(10-16(15)11-27)18-8-21(25)22(30-12-18)19-7-17(23)3-4-20(19)24/h3-4,7,14,18,21-22H,5-6,8-13,25H2,1-2H3/t18-,21+,22-/m1/s1. The first-order valence-electron chi connectivity index (χ1n) is 10.9. The molecule has 31 heavy (non-hydrogen) atoms. The second-order valence-corrected chi connectivity index (χ2v) is 11.4. The average Bonchev–Trinajstić information content (AvgIpc) is 3.12. The highest BCUT2D eigenvalue weighted by Gasteiger charge is 2.39. The summed E-state index contributed by atoms with van der Waals surface area (Å²) in [6, 6.07) is 2.96. The Hall–Kier alpha value is -1.39. The Kier molecular flexibility index (Phi) is 6.52. The first-order chi connectivity index (χ1) is 14.6. The van der Waals surface area contributed by atoms with Crippen molar-refractivity contribution in [2.75, 3.05) is 38.5 Å². The summed E-state index contributed by atoms with van der Waals surface area (Å²) in [7, 11) is -3.25. The highest BCUT2D eigenvalue weighted by atomic mass is 32.2. The van der Waals surface area contributed by atoms with Crippen molar-refractivity contribution < 1.29 is 21.9 Å². The maximum absolute atomic E-state index is 14.2. The molecule has 3 heterocycles. The van der Waals surface area contributed by atoms with Gasteiger partial charge in [0.15, 0.2) is 0 Å². The SMILES string of the molecule is CC(C)CS(=O)(=O)N1CCC2=C(CN([C@H]3CO[C@H](c4cc(F)ccc4F)[C@@H](N)C3)C2)C1. The lowest BCUT2D eigenvalue weighted by molar-refractivity contribution is -0.0465. The van der Waals surface area contributed by atoms with Crippen LogP contribution >= 0.6 is 0 Å². The molecule has 6 nitrogen and oxygen atoms in total. The number of nitrogens with zero attached hydrogens (tertiary/aromatic N) is 2. The fourth-order valence-electron chi connectivity index (χ4n) is 4.91. The zero-order valence-electron chi connectivity index (χ0n) is 18.1. The molecule has 1 aromatic carbocycles. The van der Waals surface area contributed by atoms with E-state index in [4.69, 9.17) is 10.5 Å². The molecule has 4 rings (SSSR count). The second kappa shape index (κ2) is 8.86. The summed E-state index contributed by atoms with van der Waals surface area (Å²) in [4.78, 5) is 2.28. The summed E-state index contributed by atoms with van der Waals surface area (Å²) in [6.07, 6.45) is 0.685. The third kappa shape index (κ3) is 4.85. The van der Waals surface area contributed by atoms with E-state index in [1.807, 2.05) is 13.8 Å². The Bertz CT molecular complexity index is 967. The van der Waals surface area contributed by atoms with Crippen LogP contribution in [-0.2, 0) is 14.8 Å². The van der Waals surface area contributed by atoms with Crippen LogP contribution in [0.5, 0.6) is 0 Å². The van der Waals surface area contributed by atoms with Crippen LogP contribution < -0.4 is 5.73 Å². The molecule has 172 valence electrons. The number of hydrogen-bond donors (Lipinski definition) is 1. The smallest absolute Gasteiger partial charge is 0.214 e. The third-order valence-corrected chi connectivity index (χ3v) is 8.62. The molecule has 0 saturated carbocycles. The molecule has 0 spiro atoms. The predicted molar refractivity (Wildman–Crippen MR) is 115 cm³/mol. The van der Waals surface area contributed by atoms with Gasteiger partial charge in [-0.25, -0.2) is 17.2 Å². The monoisotopic (exact) mass is 455 g/mol. The van der Waals surface area contributed by atoms with E-state index in [0.717, 1.165) is 31.2 Å². The van der Waals surface area contributed by atoms with Gasteiger partial charge >= 0.3 is 0 Å². The van der Waals surface area contributed by atoms with Gasteiger partial charge in [-0.15, -0.1) is 0 Å². The van der Waals surface area contributed by atoms with E-state index in [2.05, 4.69) is 4.90 Å². The number of nitrogens with two attached hydrogens (primary N) is 1. The van der Waals surface area contributed by atoms with Crippen molar-refractivity contribution in [1.29, 1.82) is 0 Å². The molecule has 0 radical (unpaired) electrons. The van der Waals surface area contributed by atoms with Crippen molar-refractivity contribution in [3.05, 3.63) is 46.5 Å². The normalized spacial score (nSPS) is 28.4. The van der Waals surface area contributed by atoms with Crippen LogP contribution in [0.3, 0.4) is 0 Å². The molecule has 3 aliphatic rings. The van der Waals surface area contributed by atoms with Gasteiger partial charge in [-0.2, -0.15) is 4.31 Å². The van der Waals surface area contributed by atoms with Gasteiger partial charge in [-0.05, 0) is 42.5 Å². The first-order valence-corrected chi connectivity index (χ1v) is 12.5. The van der Waals surface area contributed by atoms with Gasteiger partial charge in [0, 0.05) is 43.8 Å². The van der Waals surface area contributed by atoms with E-state index in [9.17, 15) is 17.2 Å². The largest absolute Gasteiger partial charge is 0.370 e. The summed E-state index contributed by atoms with van der Waals surface area (Å²) in [5, 5.41) is 0. The van der Waals surface area contributed by atoms with Crippen LogP contribution in [0.1, 0.15) is 38.4 Å². The number of rotatable bonds is 5. The number of halogens is 2. The highest BCUT2D eigenvalue weighted by Crippen LogP contribution is 2.35. The molecule has 1 saturated heterocycles. The topological polar surface area (TPSA) is 75.9 Å². The lowest BCUT2D eigenvalue weighted by Crippen LogP contribution is -2.49. The van der Waals surface area contributed by atoms with E-state index in [1.165, 1.54) is 11.1 Å². The van der Waals surface area contributed by atoms with Crippen molar-refractivity contribution in [2.45, 2.75) is 44.9 Å². The van der Waals surface area contributed by atoms with Gasteiger partial charge in [0.2, 0.25) is 10.0 Å². The van der Waals surface area contributed by atoms with E-state index in [-0.39, 0.29) is 23.3 Å². The fourth-order valence-corrected chi connectivity index (χ4v) is 6.69. The van der Waals surface area contributed by atoms with Gasteiger partial charge in [0.05, 0.1) is 12.4 Å². The van der Waals surface area contributed by atoms with Crippen molar-refractivity contribution >= 4 is 10.0 Å². The summed E-state index contributed by atoms with van der Waals surface area (Å²) in [6.45, 7) is 6.68. The van der Waals surface area contributed by atoms with E-state index >= 15 is 0 Å². The van der Waals surface area contributed by atoms with Gasteiger partial charge < -0.3 is 10.5 Å². The average molecular weight is 456 g/mol. The van der Waals surface area contributed by atoms with Crippen LogP contribution in [0, 0.1) is 17.6 Å². The molecule has 0 amide bonds. The Labute approximate surface area is 183 Å². The lowest BCUT2D eigenvalue weighted by atomic mass is 9.93. The minimum absolute atomic E-state index is 0.0641. The van der Waals surface area contributed by atoms with E-state index in [0.29, 0.717) is 32.7 Å². The minimum atomic E-state index is -3.25. The molecule has 1 fully saturated rings. The molecule has 0 bridgehead atoms. The second-order valence-electron chi connectivity index (χ2n) is 9.34. The summed E-state index contributed by atoms with van der Waals surface area (Å²) >= 11 is 0. The fraction of sp³-hybridized carbons (Fsp3) is 0.636. The van der Waals surface area contributed by atoms with Crippen LogP contribution in [0.4, 0.5) is 8.78 Å². The first kappa shape index (κ1) is 22.8. The molecular formula is C22H31F2N3O3S. The highest BCUT2D eigenvalue weighted by molar-refractivity contribution is 7.89. The van der Waals surface area contributed by atoms with Gasteiger partial charge in [-0.1, -0.05) is 19.4 Å². The maximum atomic E-state index is 14.2. The molecule has 0 unspecified atom stereocenters. The molecule has 2 N–H and O–H groups in total. The zero-order chi connectivity index (χ0) is 22.3. The van der Waals surface area contributed by atoms with Crippen molar-refractivity contribution in [2.24, 2.45) is 11.7 Å². The number of hydrogen-bond acceptors (Lipinski definition) is 5. The van der Waals surface area contributed by atoms with E-state index < -0.39 is 33.8 Å². The van der Waals surface area contributed by atoms with Crippen LogP contribution in [-0.4, -0.2) is 68.2 Å². The van der Waals surface area contributed by atoms with Crippen LogP contribution in [0.25, 0.3) is 0 Å². The molecule has 0 aromatic heterocycles. The van der Waals surface area contributed by atoms with Crippen molar-refractivity contribution in [3.8, 4) is 0 Å². The Morgan fingerprint density at radius 2 is 1.94 bits per heavy atom. The third-order valence-electron chi connectivity index (χ3n) is 6.44. The molecule has 3 atom stereocenters. The lowest BCUT2D eigenvalue weighted by Gasteiger charge is -2.39. The van der Waals surface area contributed by atoms with Gasteiger partial charge in [0.25, 0.3) is 0 Å². The Morgan fingerprint density at radius 1 is 1.19 bits per heavy atom. The summed E-state index contributed by atoms with van der Waals surface area (Å²) in [5.74, 6) is -0.760. The van der Waals surface area contributed by atoms with Crippen molar-refractivity contribution in [1.82, 2.24) is 9.21 Å². The molecule has 3 aliphatic heterocycles.